The molecule has 0 aromatic heterocycles. The average molecular weight is 342 g/mol. The topological polar surface area (TPSA) is 35.2 Å². The van der Waals surface area contributed by atoms with E-state index in [-0.39, 0.29) is 10.0 Å². The van der Waals surface area contributed by atoms with Crippen LogP contribution < -0.4 is 10.5 Å². The van der Waals surface area contributed by atoms with Gasteiger partial charge in [0.15, 0.2) is 0 Å². The van der Waals surface area contributed by atoms with E-state index in [9.17, 15) is 8.78 Å². The Kier molecular flexibility index (Phi) is 4.11. The highest BCUT2D eigenvalue weighted by molar-refractivity contribution is 9.10. The molecule has 0 fully saturated rings. The van der Waals surface area contributed by atoms with Crippen molar-refractivity contribution in [2.75, 3.05) is 7.11 Å². The summed E-state index contributed by atoms with van der Waals surface area (Å²) in [5.41, 5.74) is 5.27. The maximum atomic E-state index is 14.2. The Morgan fingerprint density at radius 2 is 1.90 bits per heavy atom. The van der Waals surface area contributed by atoms with E-state index >= 15 is 0 Å². The SMILES string of the molecule is COc1cccc(C(C)(N)c2c(F)ccc(Br)c2F)c1. The maximum absolute atomic E-state index is 14.2. The van der Waals surface area contributed by atoms with Crippen LogP contribution in [0.1, 0.15) is 18.1 Å². The second-order valence-corrected chi connectivity index (χ2v) is 5.51. The number of nitrogens with two attached hydrogens (primary N) is 1. The van der Waals surface area contributed by atoms with Gasteiger partial charge in [0.1, 0.15) is 17.4 Å². The van der Waals surface area contributed by atoms with Gasteiger partial charge in [0.25, 0.3) is 0 Å². The summed E-state index contributed by atoms with van der Waals surface area (Å²) < 4.78 is 33.5. The molecule has 106 valence electrons. The summed E-state index contributed by atoms with van der Waals surface area (Å²) in [6.07, 6.45) is 0. The fourth-order valence-electron chi connectivity index (χ4n) is 2.09. The van der Waals surface area contributed by atoms with E-state index in [2.05, 4.69) is 15.9 Å². The molecule has 0 aliphatic carbocycles. The zero-order chi connectivity index (χ0) is 14.9. The number of rotatable bonds is 3. The normalized spacial score (nSPS) is 13.9. The van der Waals surface area contributed by atoms with Crippen LogP contribution in [-0.2, 0) is 5.54 Å². The molecule has 0 saturated heterocycles. The van der Waals surface area contributed by atoms with Gasteiger partial charge in [-0.15, -0.1) is 0 Å². The van der Waals surface area contributed by atoms with Crippen LogP contribution in [0.15, 0.2) is 40.9 Å². The van der Waals surface area contributed by atoms with Crippen LogP contribution in [0.3, 0.4) is 0 Å². The highest BCUT2D eigenvalue weighted by Gasteiger charge is 2.31. The summed E-state index contributed by atoms with van der Waals surface area (Å²) in [6.45, 7) is 1.57. The van der Waals surface area contributed by atoms with Gasteiger partial charge in [0.2, 0.25) is 0 Å². The van der Waals surface area contributed by atoms with Gasteiger partial charge in [-0.3, -0.25) is 0 Å². The predicted molar refractivity (Wildman–Crippen MR) is 77.7 cm³/mol. The number of hydrogen-bond donors (Lipinski definition) is 1. The smallest absolute Gasteiger partial charge is 0.145 e. The van der Waals surface area contributed by atoms with Gasteiger partial charge in [-0.2, -0.15) is 0 Å². The number of halogens is 3. The van der Waals surface area contributed by atoms with Crippen molar-refractivity contribution in [3.8, 4) is 5.75 Å². The van der Waals surface area contributed by atoms with Crippen LogP contribution in [0, 0.1) is 11.6 Å². The molecule has 20 heavy (non-hydrogen) atoms. The van der Waals surface area contributed by atoms with Crippen LogP contribution in [0.5, 0.6) is 5.75 Å². The second kappa shape index (κ2) is 5.50. The molecule has 0 saturated carbocycles. The molecule has 2 aromatic rings. The summed E-state index contributed by atoms with van der Waals surface area (Å²) >= 11 is 3.05. The van der Waals surface area contributed by atoms with Crippen LogP contribution in [0.4, 0.5) is 8.78 Å². The van der Waals surface area contributed by atoms with Crippen molar-refractivity contribution in [2.24, 2.45) is 5.73 Å². The Bertz CT molecular complexity index is 644. The van der Waals surface area contributed by atoms with Gasteiger partial charge >= 0.3 is 0 Å². The lowest BCUT2D eigenvalue weighted by atomic mass is 9.85. The third-order valence-corrected chi connectivity index (χ3v) is 3.85. The molecule has 5 heteroatoms. The monoisotopic (exact) mass is 341 g/mol. The summed E-state index contributed by atoms with van der Waals surface area (Å²) in [7, 11) is 1.52. The van der Waals surface area contributed by atoms with Crippen LogP contribution >= 0.6 is 15.9 Å². The van der Waals surface area contributed by atoms with E-state index in [4.69, 9.17) is 10.5 Å². The summed E-state index contributed by atoms with van der Waals surface area (Å²) in [5, 5.41) is 0. The second-order valence-electron chi connectivity index (χ2n) is 4.65. The Balaban J connectivity index is 2.63. The van der Waals surface area contributed by atoms with E-state index in [0.29, 0.717) is 11.3 Å². The van der Waals surface area contributed by atoms with Crippen molar-refractivity contribution in [3.05, 3.63) is 63.6 Å². The number of hydrogen-bond acceptors (Lipinski definition) is 2. The van der Waals surface area contributed by atoms with Gasteiger partial charge in [-0.05, 0) is 52.7 Å². The van der Waals surface area contributed by atoms with Gasteiger partial charge < -0.3 is 10.5 Å². The van der Waals surface area contributed by atoms with Crippen molar-refractivity contribution in [1.82, 2.24) is 0 Å². The molecule has 0 bridgehead atoms. The first kappa shape index (κ1) is 14.9. The molecule has 1 atom stereocenters. The molecule has 2 nitrogen and oxygen atoms in total. The van der Waals surface area contributed by atoms with Gasteiger partial charge in [-0.25, -0.2) is 8.78 Å². The Hall–Kier alpha value is -1.46. The lowest BCUT2D eigenvalue weighted by Gasteiger charge is -2.27. The fraction of sp³-hybridized carbons (Fsp3) is 0.200. The van der Waals surface area contributed by atoms with E-state index in [1.54, 1.807) is 31.2 Å². The Morgan fingerprint density at radius 1 is 1.20 bits per heavy atom. The molecule has 2 N–H and O–H groups in total. The van der Waals surface area contributed by atoms with Crippen molar-refractivity contribution < 1.29 is 13.5 Å². The Morgan fingerprint density at radius 3 is 2.55 bits per heavy atom. The van der Waals surface area contributed by atoms with Gasteiger partial charge in [0, 0.05) is 5.56 Å². The molecule has 0 amide bonds. The van der Waals surface area contributed by atoms with Crippen molar-refractivity contribution in [2.45, 2.75) is 12.5 Å². The molecule has 2 rings (SSSR count). The van der Waals surface area contributed by atoms with E-state index in [1.807, 2.05) is 0 Å². The largest absolute Gasteiger partial charge is 0.497 e. The minimum Gasteiger partial charge on any atom is -0.497 e. The predicted octanol–water partition coefficient (Wildman–Crippen LogP) is 3.96. The third kappa shape index (κ3) is 2.55. The zero-order valence-corrected chi connectivity index (χ0v) is 12.7. The van der Waals surface area contributed by atoms with Crippen LogP contribution in [-0.4, -0.2) is 7.11 Å². The molecular weight excluding hydrogens is 328 g/mol. The molecule has 2 aromatic carbocycles. The zero-order valence-electron chi connectivity index (χ0n) is 11.1. The van der Waals surface area contributed by atoms with Crippen molar-refractivity contribution in [1.29, 1.82) is 0 Å². The lowest BCUT2D eigenvalue weighted by Crippen LogP contribution is -2.36. The first-order valence-corrected chi connectivity index (χ1v) is 6.74. The highest BCUT2D eigenvalue weighted by atomic mass is 79.9. The third-order valence-electron chi connectivity index (χ3n) is 3.23. The Labute approximate surface area is 124 Å². The number of methoxy groups -OCH3 is 1. The van der Waals surface area contributed by atoms with Gasteiger partial charge in [-0.1, -0.05) is 12.1 Å². The minimum absolute atomic E-state index is 0.175. The molecule has 0 radical (unpaired) electrons. The van der Waals surface area contributed by atoms with E-state index < -0.39 is 17.2 Å². The quantitative estimate of drug-likeness (QED) is 0.857. The van der Waals surface area contributed by atoms with Crippen molar-refractivity contribution in [3.63, 3.8) is 0 Å². The molecule has 0 aliphatic heterocycles. The van der Waals surface area contributed by atoms with Crippen LogP contribution in [0.25, 0.3) is 0 Å². The van der Waals surface area contributed by atoms with E-state index in [0.717, 1.165) is 0 Å². The van der Waals surface area contributed by atoms with Gasteiger partial charge in [0.05, 0.1) is 17.1 Å². The summed E-state index contributed by atoms with van der Waals surface area (Å²) in [5.74, 6) is -0.800. The van der Waals surface area contributed by atoms with E-state index in [1.165, 1.54) is 19.2 Å². The first-order valence-electron chi connectivity index (χ1n) is 5.95. The number of benzene rings is 2. The standard InChI is InChI=1S/C15H14BrF2NO/c1-15(19,9-4-3-5-10(8-9)20-2)13-12(17)7-6-11(16)14(13)18/h3-8H,19H2,1-2H3. The molecule has 0 heterocycles. The summed E-state index contributed by atoms with van der Waals surface area (Å²) in [6, 6.07) is 9.35. The fourth-order valence-corrected chi connectivity index (χ4v) is 2.42. The minimum atomic E-state index is -1.31. The molecule has 0 spiro atoms. The maximum Gasteiger partial charge on any atom is 0.145 e. The molecule has 0 aliphatic rings. The molecule has 1 unspecified atom stereocenters. The number of ether oxygens (including phenoxy) is 1. The lowest BCUT2D eigenvalue weighted by molar-refractivity contribution is 0.411. The summed E-state index contributed by atoms with van der Waals surface area (Å²) in [4.78, 5) is 0. The highest BCUT2D eigenvalue weighted by Crippen LogP contribution is 2.34. The van der Waals surface area contributed by atoms with Crippen LogP contribution in [0.2, 0.25) is 0 Å². The molecular formula is C15H14BrF2NO. The first-order chi connectivity index (χ1) is 9.37. The average Bonchev–Trinajstić information content (AvgIpc) is 2.43. The van der Waals surface area contributed by atoms with Crippen molar-refractivity contribution >= 4 is 15.9 Å².